The molecule has 0 aliphatic heterocycles. The third-order valence-corrected chi connectivity index (χ3v) is 2.29. The van der Waals surface area contributed by atoms with Gasteiger partial charge in [0, 0.05) is 13.1 Å². The first-order chi connectivity index (χ1) is 6.88. The Bertz CT molecular complexity index is 212. The highest BCUT2D eigenvalue weighted by atomic mass is 15.4. The Morgan fingerprint density at radius 2 is 1.86 bits per heavy atom. The molecule has 80 valence electrons. The zero-order chi connectivity index (χ0) is 10.2. The molecule has 0 amide bonds. The van der Waals surface area contributed by atoms with Gasteiger partial charge in [0.15, 0.2) is 5.82 Å². The second kappa shape index (κ2) is 6.40. The Balaban J connectivity index is 2.44. The van der Waals surface area contributed by atoms with E-state index < -0.39 is 0 Å². The van der Waals surface area contributed by atoms with Gasteiger partial charge >= 0.3 is 0 Å². The van der Waals surface area contributed by atoms with Crippen molar-refractivity contribution in [1.82, 2.24) is 15.4 Å². The molecule has 0 radical (unpaired) electrons. The molecule has 1 aromatic rings. The van der Waals surface area contributed by atoms with Gasteiger partial charge in [0.2, 0.25) is 0 Å². The van der Waals surface area contributed by atoms with Crippen LogP contribution in [-0.4, -0.2) is 28.5 Å². The molecular weight excluding hydrogens is 176 g/mol. The number of aromatic amines is 1. The molecule has 0 aromatic carbocycles. The number of unbranched alkanes of at least 4 members (excludes halogenated alkanes) is 2. The molecule has 1 heterocycles. The van der Waals surface area contributed by atoms with Crippen LogP contribution < -0.4 is 4.90 Å². The molecule has 1 aromatic heterocycles. The highest BCUT2D eigenvalue weighted by molar-refractivity contribution is 5.33. The lowest BCUT2D eigenvalue weighted by Crippen LogP contribution is -2.25. The van der Waals surface area contributed by atoms with E-state index in [0.717, 1.165) is 18.9 Å². The maximum Gasteiger partial charge on any atom is 0.170 e. The van der Waals surface area contributed by atoms with Gasteiger partial charge in [-0.2, -0.15) is 0 Å². The molecule has 0 aliphatic rings. The number of aromatic nitrogens is 3. The van der Waals surface area contributed by atoms with Crippen molar-refractivity contribution in [2.45, 2.75) is 39.5 Å². The summed E-state index contributed by atoms with van der Waals surface area (Å²) in [4.78, 5) is 2.30. The maximum atomic E-state index is 4.04. The van der Waals surface area contributed by atoms with E-state index in [1.807, 2.05) is 6.20 Å². The van der Waals surface area contributed by atoms with E-state index in [-0.39, 0.29) is 0 Å². The fourth-order valence-corrected chi connectivity index (χ4v) is 1.39. The summed E-state index contributed by atoms with van der Waals surface area (Å²) in [6.45, 7) is 6.59. The number of rotatable bonds is 7. The Morgan fingerprint density at radius 3 is 2.29 bits per heavy atom. The zero-order valence-electron chi connectivity index (χ0n) is 9.16. The van der Waals surface area contributed by atoms with Gasteiger partial charge < -0.3 is 4.90 Å². The number of nitrogens with one attached hydrogen (secondary N) is 1. The van der Waals surface area contributed by atoms with E-state index in [4.69, 9.17) is 0 Å². The van der Waals surface area contributed by atoms with Crippen LogP contribution in [0.3, 0.4) is 0 Å². The molecule has 0 saturated carbocycles. The molecule has 0 spiro atoms. The predicted octanol–water partition coefficient (Wildman–Crippen LogP) is 2.21. The summed E-state index contributed by atoms with van der Waals surface area (Å²) in [7, 11) is 0. The first-order valence-electron chi connectivity index (χ1n) is 5.49. The van der Waals surface area contributed by atoms with Gasteiger partial charge in [-0.15, -0.1) is 5.10 Å². The third-order valence-electron chi connectivity index (χ3n) is 2.29. The van der Waals surface area contributed by atoms with Gasteiger partial charge in [0.1, 0.15) is 0 Å². The SMILES string of the molecule is CCCCN(CCCC)c1c[nH]nn1. The van der Waals surface area contributed by atoms with E-state index >= 15 is 0 Å². The second-order valence-electron chi connectivity index (χ2n) is 3.53. The number of anilines is 1. The van der Waals surface area contributed by atoms with Gasteiger partial charge in [0.25, 0.3) is 0 Å². The lowest BCUT2D eigenvalue weighted by molar-refractivity contribution is 0.670. The van der Waals surface area contributed by atoms with Crippen LogP contribution in [0.4, 0.5) is 5.82 Å². The molecule has 1 N–H and O–H groups in total. The molecule has 0 fully saturated rings. The molecule has 0 bridgehead atoms. The topological polar surface area (TPSA) is 44.8 Å². The number of H-pyrrole nitrogens is 1. The van der Waals surface area contributed by atoms with E-state index in [2.05, 4.69) is 34.2 Å². The van der Waals surface area contributed by atoms with Crippen LogP contribution in [0.2, 0.25) is 0 Å². The Labute approximate surface area is 85.7 Å². The van der Waals surface area contributed by atoms with Gasteiger partial charge in [-0.1, -0.05) is 31.9 Å². The third kappa shape index (κ3) is 3.36. The normalized spacial score (nSPS) is 10.4. The van der Waals surface area contributed by atoms with Gasteiger partial charge in [-0.25, -0.2) is 0 Å². The summed E-state index contributed by atoms with van der Waals surface area (Å²) in [6.07, 6.45) is 6.75. The van der Waals surface area contributed by atoms with Crippen LogP contribution in [0.1, 0.15) is 39.5 Å². The largest absolute Gasteiger partial charge is 0.354 e. The fourth-order valence-electron chi connectivity index (χ4n) is 1.39. The minimum absolute atomic E-state index is 0.979. The summed E-state index contributed by atoms with van der Waals surface area (Å²) >= 11 is 0. The smallest absolute Gasteiger partial charge is 0.170 e. The summed E-state index contributed by atoms with van der Waals surface area (Å²) < 4.78 is 0. The van der Waals surface area contributed by atoms with Crippen molar-refractivity contribution in [2.75, 3.05) is 18.0 Å². The lowest BCUT2D eigenvalue weighted by Gasteiger charge is -2.20. The lowest BCUT2D eigenvalue weighted by atomic mass is 10.2. The molecule has 4 nitrogen and oxygen atoms in total. The number of nitrogens with zero attached hydrogens (tertiary/aromatic N) is 3. The predicted molar refractivity (Wildman–Crippen MR) is 58.4 cm³/mol. The van der Waals surface area contributed by atoms with Crippen LogP contribution in [0.15, 0.2) is 6.20 Å². The standard InChI is InChI=1S/C10H20N4/c1-3-5-7-14(8-6-4-2)10-9-11-13-12-10/h9H,3-8H2,1-2H3,(H,11,12,13). The average Bonchev–Trinajstić information content (AvgIpc) is 2.71. The molecule has 0 aliphatic carbocycles. The van der Waals surface area contributed by atoms with E-state index in [1.165, 1.54) is 25.7 Å². The first-order valence-corrected chi connectivity index (χ1v) is 5.49. The van der Waals surface area contributed by atoms with E-state index in [1.54, 1.807) is 0 Å². The van der Waals surface area contributed by atoms with Crippen molar-refractivity contribution < 1.29 is 0 Å². The molecular formula is C10H20N4. The zero-order valence-corrected chi connectivity index (χ0v) is 9.16. The van der Waals surface area contributed by atoms with Crippen molar-refractivity contribution in [3.05, 3.63) is 6.20 Å². The summed E-state index contributed by atoms with van der Waals surface area (Å²) in [5.74, 6) is 0.979. The quantitative estimate of drug-likeness (QED) is 0.727. The van der Waals surface area contributed by atoms with Crippen LogP contribution in [0.25, 0.3) is 0 Å². The van der Waals surface area contributed by atoms with Crippen LogP contribution in [0.5, 0.6) is 0 Å². The van der Waals surface area contributed by atoms with E-state index in [0.29, 0.717) is 0 Å². The average molecular weight is 196 g/mol. The number of hydrogen-bond acceptors (Lipinski definition) is 3. The first kappa shape index (κ1) is 11.0. The molecule has 1 rings (SSSR count). The Kier molecular flexibility index (Phi) is 5.04. The van der Waals surface area contributed by atoms with Gasteiger partial charge in [0.05, 0.1) is 6.20 Å². The van der Waals surface area contributed by atoms with Crippen molar-refractivity contribution >= 4 is 5.82 Å². The highest BCUT2D eigenvalue weighted by Crippen LogP contribution is 2.09. The molecule has 4 heteroatoms. The van der Waals surface area contributed by atoms with Crippen LogP contribution >= 0.6 is 0 Å². The summed E-state index contributed by atoms with van der Waals surface area (Å²) in [6, 6.07) is 0. The van der Waals surface area contributed by atoms with Crippen LogP contribution in [-0.2, 0) is 0 Å². The maximum absolute atomic E-state index is 4.04. The van der Waals surface area contributed by atoms with Crippen molar-refractivity contribution in [2.24, 2.45) is 0 Å². The van der Waals surface area contributed by atoms with Crippen molar-refractivity contribution in [3.8, 4) is 0 Å². The monoisotopic (exact) mass is 196 g/mol. The second-order valence-corrected chi connectivity index (χ2v) is 3.53. The summed E-state index contributed by atoms with van der Waals surface area (Å²) in [5, 5.41) is 10.5. The van der Waals surface area contributed by atoms with E-state index in [9.17, 15) is 0 Å². The fraction of sp³-hybridized carbons (Fsp3) is 0.800. The van der Waals surface area contributed by atoms with Crippen molar-refractivity contribution in [1.29, 1.82) is 0 Å². The highest BCUT2D eigenvalue weighted by Gasteiger charge is 2.07. The van der Waals surface area contributed by atoms with Crippen molar-refractivity contribution in [3.63, 3.8) is 0 Å². The number of hydrogen-bond donors (Lipinski definition) is 1. The minimum Gasteiger partial charge on any atom is -0.354 e. The Morgan fingerprint density at radius 1 is 1.21 bits per heavy atom. The molecule has 0 atom stereocenters. The van der Waals surface area contributed by atoms with Crippen LogP contribution in [0, 0.1) is 0 Å². The van der Waals surface area contributed by atoms with Gasteiger partial charge in [-0.3, -0.25) is 5.10 Å². The Hall–Kier alpha value is -1.06. The molecule has 0 saturated heterocycles. The minimum atomic E-state index is 0.979. The van der Waals surface area contributed by atoms with Gasteiger partial charge in [-0.05, 0) is 12.8 Å². The molecule has 0 unspecified atom stereocenters. The molecule has 14 heavy (non-hydrogen) atoms. The summed E-state index contributed by atoms with van der Waals surface area (Å²) in [5.41, 5.74) is 0.